The smallest absolute Gasteiger partial charge is 0.261 e. The number of carbonyl (C=O) groups excluding carboxylic acids is 1. The van der Waals surface area contributed by atoms with Gasteiger partial charge in [0.2, 0.25) is 0 Å². The second-order valence-corrected chi connectivity index (χ2v) is 6.45. The number of hydrogen-bond acceptors (Lipinski definition) is 3. The summed E-state index contributed by atoms with van der Waals surface area (Å²) in [6.45, 7) is 3.94. The normalized spacial score (nSPS) is 11.0. The summed E-state index contributed by atoms with van der Waals surface area (Å²) in [5.41, 5.74) is 0.144. The van der Waals surface area contributed by atoms with Crippen molar-refractivity contribution < 1.29 is 13.2 Å². The van der Waals surface area contributed by atoms with Crippen molar-refractivity contribution in [3.63, 3.8) is 0 Å². The molecule has 0 fully saturated rings. The summed E-state index contributed by atoms with van der Waals surface area (Å²) in [6, 6.07) is 3.73. The fourth-order valence-corrected chi connectivity index (χ4v) is 2.33. The maximum Gasteiger partial charge on any atom is 0.261 e. The van der Waals surface area contributed by atoms with E-state index in [9.17, 15) is 13.2 Å². The molecule has 0 aromatic heterocycles. The first-order valence-corrected chi connectivity index (χ1v) is 7.67. The zero-order chi connectivity index (χ0) is 13.8. The molecule has 1 aromatic carbocycles. The van der Waals surface area contributed by atoms with Gasteiger partial charge in [-0.3, -0.25) is 4.79 Å². The highest BCUT2D eigenvalue weighted by atomic mass is 35.7. The summed E-state index contributed by atoms with van der Waals surface area (Å²) < 4.78 is 22.4. The highest BCUT2D eigenvalue weighted by Gasteiger charge is 2.15. The van der Waals surface area contributed by atoms with Gasteiger partial charge in [0, 0.05) is 27.8 Å². The molecule has 0 aliphatic rings. The third kappa shape index (κ3) is 4.33. The van der Waals surface area contributed by atoms with Crippen LogP contribution in [0.2, 0.25) is 5.02 Å². The van der Waals surface area contributed by atoms with Crippen LogP contribution in [0.1, 0.15) is 16.8 Å². The van der Waals surface area contributed by atoms with Gasteiger partial charge in [-0.2, -0.15) is 0 Å². The number of amides is 1. The minimum atomic E-state index is -3.91. The van der Waals surface area contributed by atoms with Crippen molar-refractivity contribution in [3.8, 4) is 0 Å². The van der Waals surface area contributed by atoms with Gasteiger partial charge in [-0.25, -0.2) is 8.42 Å². The first kappa shape index (κ1) is 15.0. The summed E-state index contributed by atoms with van der Waals surface area (Å²) in [5, 5.41) is 2.73. The monoisotopic (exact) mass is 307 g/mol. The Balaban J connectivity index is 2.99. The summed E-state index contributed by atoms with van der Waals surface area (Å²) in [4.78, 5) is 11.5. The molecule has 7 heteroatoms. The third-order valence-electron chi connectivity index (χ3n) is 2.05. The van der Waals surface area contributed by atoms with Gasteiger partial charge in [0.15, 0.2) is 0 Å². The van der Waals surface area contributed by atoms with E-state index in [2.05, 4.69) is 11.9 Å². The molecule has 0 spiro atoms. The van der Waals surface area contributed by atoms with Crippen LogP contribution in [0, 0.1) is 0 Å². The molecule has 1 rings (SSSR count). The first-order chi connectivity index (χ1) is 8.34. The van der Waals surface area contributed by atoms with Gasteiger partial charge in [-0.15, -0.1) is 6.58 Å². The molecule has 18 heavy (non-hydrogen) atoms. The van der Waals surface area contributed by atoms with Crippen molar-refractivity contribution in [1.29, 1.82) is 0 Å². The molecule has 0 saturated heterocycles. The minimum absolute atomic E-state index is 0.130. The predicted molar refractivity (Wildman–Crippen MR) is 71.6 cm³/mol. The lowest BCUT2D eigenvalue weighted by Crippen LogP contribution is -2.24. The van der Waals surface area contributed by atoms with E-state index in [0.29, 0.717) is 13.0 Å². The van der Waals surface area contributed by atoms with Gasteiger partial charge in [-0.05, 0) is 24.6 Å². The molecule has 0 aliphatic heterocycles. The standard InChI is InChI=1S/C11H11Cl2NO3S/c1-2-3-4-14-11(15)8-5-9(12)7-10(6-8)18(13,16)17/h2,5-7H,1,3-4H2,(H,14,15). The van der Waals surface area contributed by atoms with Crippen LogP contribution in [0.25, 0.3) is 0 Å². The molecule has 0 unspecified atom stereocenters. The predicted octanol–water partition coefficient (Wildman–Crippen LogP) is 2.57. The van der Waals surface area contributed by atoms with E-state index >= 15 is 0 Å². The van der Waals surface area contributed by atoms with Gasteiger partial charge in [-0.1, -0.05) is 17.7 Å². The Labute approximate surface area is 115 Å². The lowest BCUT2D eigenvalue weighted by molar-refractivity contribution is 0.0954. The maximum atomic E-state index is 11.7. The molecule has 0 radical (unpaired) electrons. The summed E-state index contributed by atoms with van der Waals surface area (Å²) >= 11 is 5.74. The Kier molecular flexibility index (Phi) is 5.19. The molecule has 1 aromatic rings. The van der Waals surface area contributed by atoms with Gasteiger partial charge in [0.05, 0.1) is 4.90 Å². The number of benzene rings is 1. The highest BCUT2D eigenvalue weighted by molar-refractivity contribution is 8.13. The minimum Gasteiger partial charge on any atom is -0.352 e. The van der Waals surface area contributed by atoms with E-state index in [-0.39, 0.29) is 15.5 Å². The number of hydrogen-bond donors (Lipinski definition) is 1. The molecule has 0 saturated carbocycles. The van der Waals surface area contributed by atoms with Crippen LogP contribution in [-0.4, -0.2) is 20.9 Å². The number of halogens is 2. The molecule has 0 atom stereocenters. The largest absolute Gasteiger partial charge is 0.352 e. The molecular weight excluding hydrogens is 297 g/mol. The van der Waals surface area contributed by atoms with Crippen LogP contribution in [0.3, 0.4) is 0 Å². The van der Waals surface area contributed by atoms with E-state index in [1.807, 2.05) is 0 Å². The zero-order valence-corrected chi connectivity index (χ0v) is 11.6. The average Bonchev–Trinajstić information content (AvgIpc) is 2.27. The van der Waals surface area contributed by atoms with E-state index in [0.717, 1.165) is 0 Å². The van der Waals surface area contributed by atoms with E-state index in [1.165, 1.54) is 18.2 Å². The van der Waals surface area contributed by atoms with Crippen molar-refractivity contribution >= 4 is 37.2 Å². The van der Waals surface area contributed by atoms with Gasteiger partial charge in [0.1, 0.15) is 0 Å². The second kappa shape index (κ2) is 6.22. The van der Waals surface area contributed by atoms with Crippen molar-refractivity contribution in [3.05, 3.63) is 41.4 Å². The topological polar surface area (TPSA) is 63.2 Å². The Hall–Kier alpha value is -1.04. The lowest BCUT2D eigenvalue weighted by Gasteiger charge is -2.05. The quantitative estimate of drug-likeness (QED) is 0.516. The zero-order valence-electron chi connectivity index (χ0n) is 9.32. The summed E-state index contributed by atoms with van der Waals surface area (Å²) in [5.74, 6) is -0.416. The molecule has 98 valence electrons. The van der Waals surface area contributed by atoms with Crippen LogP contribution in [0.15, 0.2) is 35.7 Å². The molecular formula is C11H11Cl2NO3S. The second-order valence-electron chi connectivity index (χ2n) is 3.45. The molecule has 0 bridgehead atoms. The van der Waals surface area contributed by atoms with Crippen LogP contribution in [-0.2, 0) is 9.05 Å². The number of carbonyl (C=O) groups is 1. The van der Waals surface area contributed by atoms with Crippen molar-refractivity contribution in [2.24, 2.45) is 0 Å². The van der Waals surface area contributed by atoms with Gasteiger partial charge in [0.25, 0.3) is 15.0 Å². The average molecular weight is 308 g/mol. The lowest BCUT2D eigenvalue weighted by atomic mass is 10.2. The van der Waals surface area contributed by atoms with Crippen molar-refractivity contribution in [2.75, 3.05) is 6.54 Å². The molecule has 1 N–H and O–H groups in total. The van der Waals surface area contributed by atoms with Crippen LogP contribution >= 0.6 is 22.3 Å². The van der Waals surface area contributed by atoms with Crippen molar-refractivity contribution in [2.45, 2.75) is 11.3 Å². The van der Waals surface area contributed by atoms with Gasteiger partial charge < -0.3 is 5.32 Å². The van der Waals surface area contributed by atoms with Crippen LogP contribution < -0.4 is 5.32 Å². The maximum absolute atomic E-state index is 11.7. The van der Waals surface area contributed by atoms with E-state index in [1.54, 1.807) is 6.08 Å². The van der Waals surface area contributed by atoms with Crippen LogP contribution in [0.5, 0.6) is 0 Å². The highest BCUT2D eigenvalue weighted by Crippen LogP contribution is 2.21. The Morgan fingerprint density at radius 3 is 2.61 bits per heavy atom. The Morgan fingerprint density at radius 1 is 1.39 bits per heavy atom. The number of rotatable bonds is 5. The van der Waals surface area contributed by atoms with E-state index < -0.39 is 15.0 Å². The molecule has 1 amide bonds. The van der Waals surface area contributed by atoms with Crippen LogP contribution in [0.4, 0.5) is 0 Å². The molecule has 0 aliphatic carbocycles. The first-order valence-electron chi connectivity index (χ1n) is 4.99. The Bertz CT molecular complexity index is 570. The fourth-order valence-electron chi connectivity index (χ4n) is 1.22. The van der Waals surface area contributed by atoms with Gasteiger partial charge >= 0.3 is 0 Å². The molecule has 0 heterocycles. The third-order valence-corrected chi connectivity index (χ3v) is 3.60. The number of nitrogens with one attached hydrogen (secondary N) is 1. The molecule has 4 nitrogen and oxygen atoms in total. The summed E-state index contributed by atoms with van der Waals surface area (Å²) in [7, 11) is 1.29. The summed E-state index contributed by atoms with van der Waals surface area (Å²) in [6.07, 6.45) is 2.28. The SMILES string of the molecule is C=CCCNC(=O)c1cc(Cl)cc(S(=O)(=O)Cl)c1. The van der Waals surface area contributed by atoms with Crippen molar-refractivity contribution in [1.82, 2.24) is 5.32 Å². The Morgan fingerprint density at radius 2 is 2.06 bits per heavy atom. The van der Waals surface area contributed by atoms with E-state index in [4.69, 9.17) is 22.3 Å². The fraction of sp³-hybridized carbons (Fsp3) is 0.182.